The minimum absolute atomic E-state index is 0.0650. The predicted octanol–water partition coefficient (Wildman–Crippen LogP) is 1.60. The van der Waals surface area contributed by atoms with Crippen LogP contribution in [0.1, 0.15) is 42.0 Å². The molecule has 0 saturated carbocycles. The van der Waals surface area contributed by atoms with Crippen LogP contribution in [0, 0.1) is 13.8 Å². The summed E-state index contributed by atoms with van der Waals surface area (Å²) in [4.78, 5) is 28.2. The minimum Gasteiger partial charge on any atom is -0.466 e. The Bertz CT molecular complexity index is 1030. The quantitative estimate of drug-likeness (QED) is 0.649. The molecule has 1 fully saturated rings. The molecule has 0 bridgehead atoms. The highest BCUT2D eigenvalue weighted by Gasteiger charge is 2.31. The molecule has 0 spiro atoms. The Labute approximate surface area is 173 Å². The van der Waals surface area contributed by atoms with Gasteiger partial charge in [0.15, 0.2) is 15.0 Å². The average Bonchev–Trinajstić information content (AvgIpc) is 3.29. The van der Waals surface area contributed by atoms with Crippen molar-refractivity contribution in [1.82, 2.24) is 14.8 Å². The number of sulfone groups is 1. The van der Waals surface area contributed by atoms with Gasteiger partial charge in [-0.3, -0.25) is 14.3 Å². The molecular formula is C18H24N4O5S2. The van der Waals surface area contributed by atoms with Crippen LogP contribution in [-0.4, -0.2) is 53.2 Å². The molecule has 11 heteroatoms. The van der Waals surface area contributed by atoms with Gasteiger partial charge in [-0.1, -0.05) is 0 Å². The Balaban J connectivity index is 1.64. The second-order valence-electron chi connectivity index (χ2n) is 7.00. The summed E-state index contributed by atoms with van der Waals surface area (Å²) in [5, 5.41) is 9.35. The predicted molar refractivity (Wildman–Crippen MR) is 109 cm³/mol. The van der Waals surface area contributed by atoms with Crippen molar-refractivity contribution in [3.8, 4) is 0 Å². The van der Waals surface area contributed by atoms with Gasteiger partial charge in [0, 0.05) is 16.6 Å². The number of aromatic nitrogens is 3. The van der Waals surface area contributed by atoms with Gasteiger partial charge in [0.1, 0.15) is 0 Å². The number of nitrogens with one attached hydrogen (secondary N) is 1. The Hall–Kier alpha value is -2.27. The summed E-state index contributed by atoms with van der Waals surface area (Å²) >= 11 is 1.24. The number of hydrogen-bond acceptors (Lipinski definition) is 8. The van der Waals surface area contributed by atoms with E-state index in [0.717, 1.165) is 11.3 Å². The van der Waals surface area contributed by atoms with Gasteiger partial charge < -0.3 is 10.1 Å². The van der Waals surface area contributed by atoms with Gasteiger partial charge in [0.05, 0.1) is 48.4 Å². The van der Waals surface area contributed by atoms with Crippen molar-refractivity contribution < 1.29 is 22.7 Å². The molecule has 0 unspecified atom stereocenters. The lowest BCUT2D eigenvalue weighted by atomic mass is 10.1. The normalized spacial score (nSPS) is 18.0. The Kier molecular flexibility index (Phi) is 6.37. The van der Waals surface area contributed by atoms with E-state index in [9.17, 15) is 18.0 Å². The lowest BCUT2D eigenvalue weighted by molar-refractivity contribution is -0.142. The van der Waals surface area contributed by atoms with E-state index in [1.54, 1.807) is 17.0 Å². The van der Waals surface area contributed by atoms with E-state index in [1.807, 2.05) is 13.8 Å². The Morgan fingerprint density at radius 2 is 2.10 bits per heavy atom. The molecule has 1 N–H and O–H groups in total. The summed E-state index contributed by atoms with van der Waals surface area (Å²) in [6, 6.07) is -0.181. The molecule has 0 radical (unpaired) electrons. The van der Waals surface area contributed by atoms with E-state index >= 15 is 0 Å². The molecule has 1 aliphatic rings. The first-order chi connectivity index (χ1) is 13.7. The van der Waals surface area contributed by atoms with E-state index in [-0.39, 0.29) is 42.3 Å². The molecule has 1 aliphatic heterocycles. The molecule has 158 valence electrons. The van der Waals surface area contributed by atoms with Crippen LogP contribution < -0.4 is 5.32 Å². The number of carbonyl (C=O) groups is 2. The number of rotatable bonds is 7. The average molecular weight is 441 g/mol. The highest BCUT2D eigenvalue weighted by molar-refractivity contribution is 7.91. The summed E-state index contributed by atoms with van der Waals surface area (Å²) in [5.41, 5.74) is 2.85. The molecule has 3 rings (SSSR count). The number of ether oxygens (including phenoxy) is 1. The number of nitrogens with zero attached hydrogens (tertiary/aromatic N) is 3. The van der Waals surface area contributed by atoms with Crippen LogP contribution in [0.5, 0.6) is 0 Å². The maximum absolute atomic E-state index is 12.5. The second-order valence-corrected chi connectivity index (χ2v) is 10.1. The molecule has 0 aliphatic carbocycles. The third-order valence-electron chi connectivity index (χ3n) is 4.80. The number of esters is 1. The first-order valence-electron chi connectivity index (χ1n) is 9.33. The van der Waals surface area contributed by atoms with Crippen LogP contribution in [-0.2, 0) is 37.0 Å². The van der Waals surface area contributed by atoms with Crippen LogP contribution in [0.25, 0.3) is 0 Å². The smallest absolute Gasteiger partial charge is 0.311 e. The highest BCUT2D eigenvalue weighted by Crippen LogP contribution is 2.27. The maximum atomic E-state index is 12.5. The second kappa shape index (κ2) is 8.62. The minimum atomic E-state index is -3.02. The first kappa shape index (κ1) is 21.4. The number of thiazole rings is 1. The van der Waals surface area contributed by atoms with Gasteiger partial charge in [-0.15, -0.1) is 11.3 Å². The number of amides is 1. The van der Waals surface area contributed by atoms with Crippen molar-refractivity contribution >= 4 is 38.2 Å². The van der Waals surface area contributed by atoms with E-state index in [2.05, 4.69) is 15.4 Å². The first-order valence-corrected chi connectivity index (χ1v) is 12.0. The fourth-order valence-electron chi connectivity index (χ4n) is 3.41. The molecule has 1 amide bonds. The van der Waals surface area contributed by atoms with Crippen LogP contribution in [0.4, 0.5) is 5.13 Å². The Morgan fingerprint density at radius 1 is 1.34 bits per heavy atom. The lowest BCUT2D eigenvalue weighted by Gasteiger charge is -2.11. The van der Waals surface area contributed by atoms with E-state index < -0.39 is 9.84 Å². The van der Waals surface area contributed by atoms with Crippen molar-refractivity contribution in [2.24, 2.45) is 0 Å². The molecule has 0 aromatic carbocycles. The molecule has 2 aromatic heterocycles. The van der Waals surface area contributed by atoms with E-state index in [0.29, 0.717) is 29.5 Å². The van der Waals surface area contributed by atoms with Crippen LogP contribution in [0.15, 0.2) is 5.38 Å². The zero-order chi connectivity index (χ0) is 21.2. The van der Waals surface area contributed by atoms with Crippen LogP contribution in [0.3, 0.4) is 0 Å². The summed E-state index contributed by atoms with van der Waals surface area (Å²) in [5.74, 6) is -0.345. The number of hydrogen-bond donors (Lipinski definition) is 1. The molecule has 2 aromatic rings. The van der Waals surface area contributed by atoms with Crippen LogP contribution in [0.2, 0.25) is 0 Å². The van der Waals surface area contributed by atoms with E-state index in [4.69, 9.17) is 4.74 Å². The monoisotopic (exact) mass is 440 g/mol. The fraction of sp³-hybridized carbons (Fsp3) is 0.556. The Morgan fingerprint density at radius 3 is 2.76 bits per heavy atom. The van der Waals surface area contributed by atoms with Gasteiger partial charge in [0.25, 0.3) is 0 Å². The molecule has 9 nitrogen and oxygen atoms in total. The van der Waals surface area contributed by atoms with Gasteiger partial charge in [-0.05, 0) is 27.2 Å². The summed E-state index contributed by atoms with van der Waals surface area (Å²) in [6.45, 7) is 5.72. The van der Waals surface area contributed by atoms with Gasteiger partial charge >= 0.3 is 5.97 Å². The third-order valence-corrected chi connectivity index (χ3v) is 7.35. The number of aryl methyl sites for hydroxylation is 1. The molecular weight excluding hydrogens is 416 g/mol. The number of anilines is 1. The molecule has 1 saturated heterocycles. The summed E-state index contributed by atoms with van der Waals surface area (Å²) in [7, 11) is -3.02. The maximum Gasteiger partial charge on any atom is 0.311 e. The lowest BCUT2D eigenvalue weighted by Crippen LogP contribution is -2.16. The third kappa shape index (κ3) is 5.21. The highest BCUT2D eigenvalue weighted by atomic mass is 32.2. The number of carbonyl (C=O) groups excluding carboxylic acids is 2. The van der Waals surface area contributed by atoms with Gasteiger partial charge in [-0.2, -0.15) is 5.10 Å². The van der Waals surface area contributed by atoms with Crippen molar-refractivity contribution in [3.63, 3.8) is 0 Å². The van der Waals surface area contributed by atoms with E-state index in [1.165, 1.54) is 11.3 Å². The van der Waals surface area contributed by atoms with Gasteiger partial charge in [0.2, 0.25) is 5.91 Å². The van der Waals surface area contributed by atoms with Crippen molar-refractivity contribution in [3.05, 3.63) is 28.0 Å². The zero-order valence-electron chi connectivity index (χ0n) is 16.6. The van der Waals surface area contributed by atoms with Gasteiger partial charge in [-0.25, -0.2) is 13.4 Å². The summed E-state index contributed by atoms with van der Waals surface area (Å²) in [6.07, 6.45) is 0.720. The fourth-order valence-corrected chi connectivity index (χ4v) is 5.82. The van der Waals surface area contributed by atoms with Crippen LogP contribution >= 0.6 is 11.3 Å². The summed E-state index contributed by atoms with van der Waals surface area (Å²) < 4.78 is 30.2. The van der Waals surface area contributed by atoms with Crippen molar-refractivity contribution in [2.75, 3.05) is 23.4 Å². The van der Waals surface area contributed by atoms with Crippen molar-refractivity contribution in [2.45, 2.75) is 46.1 Å². The topological polar surface area (TPSA) is 120 Å². The molecule has 1 atom stereocenters. The molecule has 29 heavy (non-hydrogen) atoms. The largest absolute Gasteiger partial charge is 0.466 e. The molecule has 3 heterocycles. The SMILES string of the molecule is CCOC(=O)Cc1csc(NC(=O)Cc2c(C)nn([C@H]3CCS(=O)(=O)C3)c2C)n1. The zero-order valence-corrected chi connectivity index (χ0v) is 18.2. The van der Waals surface area contributed by atoms with Crippen molar-refractivity contribution in [1.29, 1.82) is 0 Å². The standard InChI is InChI=1S/C18H24N4O5S2/c1-4-27-17(24)7-13-9-28-18(19-13)20-16(23)8-15-11(2)21-22(12(15)3)14-5-6-29(25,26)10-14/h9,14H,4-8,10H2,1-3H3,(H,19,20,23)/t14-/m0/s1.